The minimum absolute atomic E-state index is 0.104. The molecule has 2 atom stereocenters. The molecule has 0 amide bonds. The molecule has 3 heterocycles. The Hall–Kier alpha value is -3.23. The molecule has 6 rings (SSSR count). The molecule has 5 aromatic rings. The fourth-order valence-electron chi connectivity index (χ4n) is 4.53. The molecule has 7 nitrogen and oxygen atoms in total. The van der Waals surface area contributed by atoms with Crippen molar-refractivity contribution in [3.05, 3.63) is 60.6 Å². The molecule has 3 N–H and O–H groups in total. The van der Waals surface area contributed by atoms with Crippen molar-refractivity contribution in [2.75, 3.05) is 5.32 Å². The van der Waals surface area contributed by atoms with Crippen LogP contribution in [0.15, 0.2) is 55.0 Å². The summed E-state index contributed by atoms with van der Waals surface area (Å²) < 4.78 is 3.32. The number of hydrogen-bond donors (Lipinski definition) is 3. The summed E-state index contributed by atoms with van der Waals surface area (Å²) in [6, 6.07) is 14.7. The normalized spacial score (nSPS) is 19.0. The molecule has 0 radical (unpaired) electrons. The minimum atomic E-state index is -0.283. The summed E-state index contributed by atoms with van der Waals surface area (Å²) in [6.07, 6.45) is 7.57. The van der Waals surface area contributed by atoms with E-state index in [1.54, 1.807) is 11.3 Å². The quantitative estimate of drug-likeness (QED) is 0.362. The lowest BCUT2D eigenvalue weighted by Crippen LogP contribution is -2.36. The Morgan fingerprint density at radius 3 is 2.91 bits per heavy atom. The first-order valence-corrected chi connectivity index (χ1v) is 11.8. The first-order chi connectivity index (χ1) is 15.7. The van der Waals surface area contributed by atoms with Crippen molar-refractivity contribution < 1.29 is 5.11 Å². The Morgan fingerprint density at radius 1 is 1.09 bits per heavy atom. The summed E-state index contributed by atoms with van der Waals surface area (Å²) in [5, 5.41) is 21.7. The Kier molecular flexibility index (Phi) is 4.88. The average Bonchev–Trinajstić information content (AvgIpc) is 3.55. The lowest BCUT2D eigenvalue weighted by Gasteiger charge is -2.27. The fraction of sp³-hybridized carbons (Fsp3) is 0.292. The summed E-state index contributed by atoms with van der Waals surface area (Å²) >= 11 is 1.66. The third kappa shape index (κ3) is 3.65. The maximum absolute atomic E-state index is 10.3. The standard InChI is InChI=1S/C24H24N6OS/c31-22-4-2-1-3-18(22)27-24-28-19-7-5-15(11-23(19)32-24)13-30-14-25-20-12-16(6-8-21(20)30)17-9-10-26-29-17/h5-12,14,18,22,31H,1-4,13H2,(H,26,29)(H,27,28). The second-order valence-corrected chi connectivity index (χ2v) is 9.49. The number of aromatic nitrogens is 5. The average molecular weight is 445 g/mol. The molecule has 2 unspecified atom stereocenters. The van der Waals surface area contributed by atoms with Crippen molar-refractivity contribution in [2.45, 2.75) is 44.4 Å². The topological polar surface area (TPSA) is 91.6 Å². The van der Waals surface area contributed by atoms with Gasteiger partial charge in [0.2, 0.25) is 0 Å². The van der Waals surface area contributed by atoms with E-state index in [9.17, 15) is 5.11 Å². The van der Waals surface area contributed by atoms with E-state index in [4.69, 9.17) is 4.98 Å². The SMILES string of the molecule is OC1CCCCC1Nc1nc2ccc(Cn3cnc4cc(-c5cc[nH]n5)ccc43)cc2s1. The van der Waals surface area contributed by atoms with Crippen LogP contribution in [0.1, 0.15) is 31.2 Å². The van der Waals surface area contributed by atoms with Crippen LogP contribution in [0.25, 0.3) is 32.5 Å². The van der Waals surface area contributed by atoms with Gasteiger partial charge in [-0.05, 0) is 48.7 Å². The van der Waals surface area contributed by atoms with Gasteiger partial charge in [-0.15, -0.1) is 0 Å². The van der Waals surface area contributed by atoms with E-state index in [0.29, 0.717) is 0 Å². The number of rotatable bonds is 5. The number of aliphatic hydroxyl groups is 1. The number of nitrogens with zero attached hydrogens (tertiary/aromatic N) is 4. The predicted molar refractivity (Wildman–Crippen MR) is 128 cm³/mol. The second-order valence-electron chi connectivity index (χ2n) is 8.46. The van der Waals surface area contributed by atoms with Crippen LogP contribution >= 0.6 is 11.3 Å². The van der Waals surface area contributed by atoms with Gasteiger partial charge in [-0.25, -0.2) is 9.97 Å². The molecule has 0 aliphatic heterocycles. The first kappa shape index (κ1) is 19.5. The zero-order valence-corrected chi connectivity index (χ0v) is 18.3. The largest absolute Gasteiger partial charge is 0.391 e. The van der Waals surface area contributed by atoms with Crippen molar-refractivity contribution in [1.82, 2.24) is 24.7 Å². The van der Waals surface area contributed by atoms with E-state index in [1.165, 1.54) is 5.56 Å². The summed E-state index contributed by atoms with van der Waals surface area (Å²) in [4.78, 5) is 9.34. The van der Waals surface area contributed by atoms with Crippen LogP contribution in [0.4, 0.5) is 5.13 Å². The van der Waals surface area contributed by atoms with Gasteiger partial charge in [0.25, 0.3) is 0 Å². The molecule has 1 aliphatic rings. The molecule has 0 bridgehead atoms. The van der Waals surface area contributed by atoms with Gasteiger partial charge in [0, 0.05) is 18.3 Å². The third-order valence-electron chi connectivity index (χ3n) is 6.26. The number of aliphatic hydroxyl groups excluding tert-OH is 1. The Labute approximate surface area is 189 Å². The van der Waals surface area contributed by atoms with Crippen LogP contribution in [0.5, 0.6) is 0 Å². The number of benzene rings is 2. The third-order valence-corrected chi connectivity index (χ3v) is 7.21. The van der Waals surface area contributed by atoms with Crippen molar-refractivity contribution in [3.63, 3.8) is 0 Å². The van der Waals surface area contributed by atoms with Gasteiger partial charge in [-0.2, -0.15) is 5.10 Å². The summed E-state index contributed by atoms with van der Waals surface area (Å²) in [7, 11) is 0. The number of aromatic amines is 1. The molecule has 3 aromatic heterocycles. The van der Waals surface area contributed by atoms with Gasteiger partial charge in [0.15, 0.2) is 5.13 Å². The Morgan fingerprint density at radius 2 is 2.03 bits per heavy atom. The minimum Gasteiger partial charge on any atom is -0.391 e. The number of hydrogen-bond acceptors (Lipinski definition) is 6. The molecule has 0 saturated heterocycles. The van der Waals surface area contributed by atoms with Crippen LogP contribution in [-0.4, -0.2) is 42.0 Å². The lowest BCUT2D eigenvalue weighted by molar-refractivity contribution is 0.116. The van der Waals surface area contributed by atoms with E-state index in [1.807, 2.05) is 18.6 Å². The van der Waals surface area contributed by atoms with Gasteiger partial charge in [0.1, 0.15) is 0 Å². The Bertz CT molecular complexity index is 1370. The van der Waals surface area contributed by atoms with Crippen molar-refractivity contribution >= 4 is 37.7 Å². The molecule has 2 aromatic carbocycles. The Balaban J connectivity index is 1.23. The summed E-state index contributed by atoms with van der Waals surface area (Å²) in [5.74, 6) is 0. The lowest BCUT2D eigenvalue weighted by atomic mass is 9.93. The molecule has 8 heteroatoms. The molecule has 1 aliphatic carbocycles. The highest BCUT2D eigenvalue weighted by Crippen LogP contribution is 2.30. The molecular weight excluding hydrogens is 420 g/mol. The number of nitrogens with one attached hydrogen (secondary N) is 2. The molecule has 32 heavy (non-hydrogen) atoms. The van der Waals surface area contributed by atoms with Gasteiger partial charge in [-0.1, -0.05) is 36.3 Å². The van der Waals surface area contributed by atoms with Crippen LogP contribution in [-0.2, 0) is 6.54 Å². The number of fused-ring (bicyclic) bond motifs is 2. The predicted octanol–water partition coefficient (Wildman–Crippen LogP) is 4.80. The maximum Gasteiger partial charge on any atom is 0.184 e. The highest BCUT2D eigenvalue weighted by atomic mass is 32.1. The van der Waals surface area contributed by atoms with Crippen LogP contribution in [0.2, 0.25) is 0 Å². The van der Waals surface area contributed by atoms with Crippen molar-refractivity contribution in [3.8, 4) is 11.3 Å². The number of thiazole rings is 1. The molecule has 1 saturated carbocycles. The zero-order chi connectivity index (χ0) is 21.5. The van der Waals surface area contributed by atoms with E-state index in [-0.39, 0.29) is 12.1 Å². The number of imidazole rings is 1. The number of H-pyrrole nitrogens is 1. The van der Waals surface area contributed by atoms with Crippen LogP contribution in [0.3, 0.4) is 0 Å². The van der Waals surface area contributed by atoms with E-state index in [0.717, 1.165) is 69.9 Å². The van der Waals surface area contributed by atoms with E-state index < -0.39 is 0 Å². The summed E-state index contributed by atoms with van der Waals surface area (Å²) in [6.45, 7) is 0.746. The van der Waals surface area contributed by atoms with Gasteiger partial charge < -0.3 is 15.0 Å². The monoisotopic (exact) mass is 444 g/mol. The van der Waals surface area contributed by atoms with Gasteiger partial charge in [0.05, 0.1) is 45.4 Å². The molecular formula is C24H24N6OS. The van der Waals surface area contributed by atoms with Gasteiger partial charge in [-0.3, -0.25) is 5.10 Å². The maximum atomic E-state index is 10.3. The second kappa shape index (κ2) is 8.03. The van der Waals surface area contributed by atoms with Crippen LogP contribution in [0, 0.1) is 0 Å². The fourth-order valence-corrected chi connectivity index (χ4v) is 5.53. The summed E-state index contributed by atoms with van der Waals surface area (Å²) in [5.41, 5.74) is 6.23. The van der Waals surface area contributed by atoms with E-state index in [2.05, 4.69) is 61.5 Å². The first-order valence-electron chi connectivity index (χ1n) is 11.0. The highest BCUT2D eigenvalue weighted by Gasteiger charge is 2.23. The van der Waals surface area contributed by atoms with Crippen LogP contribution < -0.4 is 5.32 Å². The highest BCUT2D eigenvalue weighted by molar-refractivity contribution is 7.22. The van der Waals surface area contributed by atoms with Crippen molar-refractivity contribution in [2.24, 2.45) is 0 Å². The van der Waals surface area contributed by atoms with Crippen molar-refractivity contribution in [1.29, 1.82) is 0 Å². The number of anilines is 1. The zero-order valence-electron chi connectivity index (χ0n) is 17.5. The molecule has 0 spiro atoms. The van der Waals surface area contributed by atoms with Gasteiger partial charge >= 0.3 is 0 Å². The van der Waals surface area contributed by atoms with E-state index >= 15 is 0 Å². The smallest absolute Gasteiger partial charge is 0.184 e. The molecule has 1 fully saturated rings. The molecule has 162 valence electrons.